The molecule has 4 aliphatic rings. The van der Waals surface area contributed by atoms with Gasteiger partial charge in [-0.15, -0.1) is 0 Å². The van der Waals surface area contributed by atoms with Crippen LogP contribution in [0.1, 0.15) is 55.3 Å². The van der Waals surface area contributed by atoms with Gasteiger partial charge in [0.15, 0.2) is 0 Å². The van der Waals surface area contributed by atoms with E-state index in [4.69, 9.17) is 10.7 Å². The SMILES string of the molecule is Nc1ncc2c(n1)[C@H]1C3CCC(C(n4cc5cccnc5c4)C3)[C@H]1CCC2. The van der Waals surface area contributed by atoms with E-state index in [-0.39, 0.29) is 0 Å². The van der Waals surface area contributed by atoms with E-state index in [0.29, 0.717) is 23.8 Å². The highest BCUT2D eigenvalue weighted by Gasteiger charge is 2.50. The fourth-order valence-electron chi connectivity index (χ4n) is 6.43. The summed E-state index contributed by atoms with van der Waals surface area (Å²) in [4.78, 5) is 13.6. The predicted molar refractivity (Wildman–Crippen MR) is 105 cm³/mol. The van der Waals surface area contributed by atoms with Gasteiger partial charge in [-0.3, -0.25) is 4.98 Å². The predicted octanol–water partition coefficient (Wildman–Crippen LogP) is 4.12. The second kappa shape index (κ2) is 5.78. The molecule has 138 valence electrons. The summed E-state index contributed by atoms with van der Waals surface area (Å²) >= 11 is 0. The van der Waals surface area contributed by atoms with Gasteiger partial charge in [0, 0.05) is 42.1 Å². The third-order valence-electron chi connectivity index (χ3n) is 7.46. The van der Waals surface area contributed by atoms with Crippen LogP contribution in [0.4, 0.5) is 5.95 Å². The maximum Gasteiger partial charge on any atom is 0.220 e. The molecule has 0 saturated heterocycles. The van der Waals surface area contributed by atoms with Gasteiger partial charge < -0.3 is 10.3 Å². The maximum atomic E-state index is 5.98. The largest absolute Gasteiger partial charge is 0.368 e. The van der Waals surface area contributed by atoms with Crippen LogP contribution in [0.25, 0.3) is 10.9 Å². The van der Waals surface area contributed by atoms with Gasteiger partial charge >= 0.3 is 0 Å². The van der Waals surface area contributed by atoms with E-state index >= 15 is 0 Å². The minimum absolute atomic E-state index is 0.440. The van der Waals surface area contributed by atoms with Crippen LogP contribution in [-0.4, -0.2) is 19.5 Å². The molecule has 5 atom stereocenters. The first-order valence-electron chi connectivity index (χ1n) is 10.3. The number of fused-ring (bicyclic) bond motifs is 4. The summed E-state index contributed by atoms with van der Waals surface area (Å²) < 4.78 is 2.48. The van der Waals surface area contributed by atoms with Crippen LogP contribution in [0.3, 0.4) is 0 Å². The zero-order chi connectivity index (χ0) is 18.0. The lowest BCUT2D eigenvalue weighted by molar-refractivity contribution is 0.0136. The molecule has 0 amide bonds. The van der Waals surface area contributed by atoms with Crippen LogP contribution in [0.5, 0.6) is 0 Å². The van der Waals surface area contributed by atoms with Crippen LogP contribution in [0, 0.1) is 17.8 Å². The summed E-state index contributed by atoms with van der Waals surface area (Å²) in [5.41, 5.74) is 9.71. The molecule has 0 aliphatic heterocycles. The molecule has 7 rings (SSSR count). The molecule has 2 N–H and O–H groups in total. The molecule has 2 bridgehead atoms. The lowest BCUT2D eigenvalue weighted by atomic mass is 9.55. The van der Waals surface area contributed by atoms with E-state index in [2.05, 4.69) is 33.0 Å². The Bertz CT molecular complexity index is 976. The zero-order valence-corrected chi connectivity index (χ0v) is 15.5. The molecule has 3 aromatic heterocycles. The van der Waals surface area contributed by atoms with Gasteiger partial charge in [-0.25, -0.2) is 9.97 Å². The summed E-state index contributed by atoms with van der Waals surface area (Å²) in [7, 11) is 0. The van der Waals surface area contributed by atoms with Crippen molar-refractivity contribution in [2.45, 2.75) is 50.5 Å². The van der Waals surface area contributed by atoms with Crippen molar-refractivity contribution in [2.75, 3.05) is 5.73 Å². The Hall–Kier alpha value is -2.43. The van der Waals surface area contributed by atoms with Gasteiger partial charge in [-0.05, 0) is 74.0 Å². The van der Waals surface area contributed by atoms with Crippen molar-refractivity contribution in [3.8, 4) is 0 Å². The average Bonchev–Trinajstić information content (AvgIpc) is 3.03. The Balaban J connectivity index is 1.41. The highest BCUT2D eigenvalue weighted by molar-refractivity contribution is 5.77. The lowest BCUT2D eigenvalue weighted by Gasteiger charge is -2.52. The molecule has 3 fully saturated rings. The van der Waals surface area contributed by atoms with Crippen molar-refractivity contribution in [3.63, 3.8) is 0 Å². The second-order valence-corrected chi connectivity index (χ2v) is 8.71. The smallest absolute Gasteiger partial charge is 0.220 e. The Morgan fingerprint density at radius 2 is 2.04 bits per heavy atom. The van der Waals surface area contributed by atoms with E-state index < -0.39 is 0 Å². The Morgan fingerprint density at radius 1 is 1.07 bits per heavy atom. The van der Waals surface area contributed by atoms with E-state index in [0.717, 1.165) is 23.8 Å². The summed E-state index contributed by atoms with van der Waals surface area (Å²) in [5.74, 6) is 3.16. The highest BCUT2D eigenvalue weighted by atomic mass is 15.0. The molecule has 4 aliphatic carbocycles. The van der Waals surface area contributed by atoms with Gasteiger partial charge in [0.05, 0.1) is 11.2 Å². The number of hydrogen-bond donors (Lipinski definition) is 1. The topological polar surface area (TPSA) is 69.6 Å². The van der Waals surface area contributed by atoms with Crippen LogP contribution in [0.15, 0.2) is 36.9 Å². The van der Waals surface area contributed by atoms with Crippen molar-refractivity contribution in [3.05, 3.63) is 48.2 Å². The van der Waals surface area contributed by atoms with Gasteiger partial charge in [-0.2, -0.15) is 0 Å². The van der Waals surface area contributed by atoms with Crippen molar-refractivity contribution in [1.82, 2.24) is 19.5 Å². The minimum Gasteiger partial charge on any atom is -0.368 e. The molecular formula is C22H25N5. The number of rotatable bonds is 1. The Kier molecular flexibility index (Phi) is 3.34. The molecule has 3 aromatic rings. The van der Waals surface area contributed by atoms with Crippen LogP contribution < -0.4 is 5.73 Å². The summed E-state index contributed by atoms with van der Waals surface area (Å²) in [6.07, 6.45) is 16.0. The maximum absolute atomic E-state index is 5.98. The summed E-state index contributed by atoms with van der Waals surface area (Å²) in [6, 6.07) is 4.80. The number of nitrogens with two attached hydrogens (primary N) is 1. The number of aromatic nitrogens is 4. The molecule has 3 heterocycles. The molecule has 27 heavy (non-hydrogen) atoms. The Morgan fingerprint density at radius 3 is 2.96 bits per heavy atom. The third kappa shape index (κ3) is 2.33. The van der Waals surface area contributed by atoms with E-state index in [1.54, 1.807) is 0 Å². The first kappa shape index (κ1) is 15.6. The fraction of sp³-hybridized carbons (Fsp3) is 0.500. The van der Waals surface area contributed by atoms with E-state index in [1.807, 2.05) is 18.5 Å². The van der Waals surface area contributed by atoms with Crippen molar-refractivity contribution in [2.24, 2.45) is 17.8 Å². The molecule has 3 unspecified atom stereocenters. The quantitative estimate of drug-likeness (QED) is 0.710. The first-order valence-corrected chi connectivity index (χ1v) is 10.3. The van der Waals surface area contributed by atoms with Gasteiger partial charge in [0.2, 0.25) is 5.95 Å². The normalized spacial score (nSPS) is 32.1. The molecular weight excluding hydrogens is 334 g/mol. The van der Waals surface area contributed by atoms with Crippen molar-refractivity contribution >= 4 is 16.9 Å². The van der Waals surface area contributed by atoms with Crippen molar-refractivity contribution < 1.29 is 0 Å². The van der Waals surface area contributed by atoms with Gasteiger partial charge in [0.1, 0.15) is 0 Å². The number of aryl methyl sites for hydroxylation is 1. The number of anilines is 1. The zero-order valence-electron chi connectivity index (χ0n) is 15.5. The number of nitrogens with zero attached hydrogens (tertiary/aromatic N) is 4. The molecule has 0 aromatic carbocycles. The average molecular weight is 359 g/mol. The van der Waals surface area contributed by atoms with Gasteiger partial charge in [0.25, 0.3) is 0 Å². The molecule has 3 saturated carbocycles. The molecule has 0 radical (unpaired) electrons. The monoisotopic (exact) mass is 359 g/mol. The van der Waals surface area contributed by atoms with E-state index in [9.17, 15) is 0 Å². The Labute approximate surface area is 159 Å². The van der Waals surface area contributed by atoms with E-state index in [1.165, 1.54) is 48.7 Å². The molecule has 5 nitrogen and oxygen atoms in total. The first-order chi connectivity index (χ1) is 13.3. The standard InChI is InChI=1S/C22H25N5/c23-22-25-10-14-3-1-5-17-16-7-6-13(20(17)21(14)26-22)9-19(16)27-11-15-4-2-8-24-18(15)12-27/h2,4,8,10-13,16-17,19-20H,1,3,5-7,9H2,(H2,23,25,26)/t13?,16?,17-,19?,20+/m1/s1. The van der Waals surface area contributed by atoms with Crippen LogP contribution in [-0.2, 0) is 6.42 Å². The third-order valence-corrected chi connectivity index (χ3v) is 7.46. The molecule has 0 spiro atoms. The highest BCUT2D eigenvalue weighted by Crippen LogP contribution is 2.59. The van der Waals surface area contributed by atoms with Crippen LogP contribution >= 0.6 is 0 Å². The van der Waals surface area contributed by atoms with Gasteiger partial charge in [-0.1, -0.05) is 0 Å². The molecule has 5 heteroatoms. The fourth-order valence-corrected chi connectivity index (χ4v) is 6.43. The number of pyridine rings is 1. The number of nitrogen functional groups attached to an aromatic ring is 1. The second-order valence-electron chi connectivity index (χ2n) is 8.71. The minimum atomic E-state index is 0.440. The lowest BCUT2D eigenvalue weighted by Crippen LogP contribution is -2.44. The summed E-state index contributed by atoms with van der Waals surface area (Å²) in [6.45, 7) is 0. The van der Waals surface area contributed by atoms with Crippen molar-refractivity contribution in [1.29, 1.82) is 0 Å². The number of hydrogen-bond acceptors (Lipinski definition) is 4. The summed E-state index contributed by atoms with van der Waals surface area (Å²) in [5, 5.41) is 1.25. The van der Waals surface area contributed by atoms with Crippen LogP contribution in [0.2, 0.25) is 0 Å².